The second-order valence-electron chi connectivity index (χ2n) is 6.68. The summed E-state index contributed by atoms with van der Waals surface area (Å²) in [7, 11) is 0. The van der Waals surface area contributed by atoms with Crippen LogP contribution in [0.3, 0.4) is 0 Å². The number of amides is 1. The maximum atomic E-state index is 12.5. The molecule has 0 spiro atoms. The standard InChI is InChI=1S/C21H17N5O/c1-13-19-17(16-9-4-7-14-6-2-3-8-15(14)16)12-18(27)24-20(19)26(25-13)21-22-10-5-11-23-21/h2-11,17H,12H2,1H3,(H,24,27)/t17-/m0/s1. The van der Waals surface area contributed by atoms with Crippen LogP contribution in [-0.2, 0) is 4.79 Å². The van der Waals surface area contributed by atoms with E-state index in [1.807, 2.05) is 25.1 Å². The Hall–Kier alpha value is -3.54. The van der Waals surface area contributed by atoms with E-state index < -0.39 is 0 Å². The highest BCUT2D eigenvalue weighted by atomic mass is 16.1. The molecule has 1 N–H and O–H groups in total. The predicted molar refractivity (Wildman–Crippen MR) is 103 cm³/mol. The van der Waals surface area contributed by atoms with Crippen molar-refractivity contribution in [3.63, 3.8) is 0 Å². The Morgan fingerprint density at radius 3 is 2.67 bits per heavy atom. The average molecular weight is 355 g/mol. The lowest BCUT2D eigenvalue weighted by atomic mass is 9.83. The van der Waals surface area contributed by atoms with E-state index in [9.17, 15) is 4.79 Å². The molecule has 5 rings (SSSR count). The molecule has 27 heavy (non-hydrogen) atoms. The minimum atomic E-state index is -0.0580. The first-order valence-electron chi connectivity index (χ1n) is 8.87. The van der Waals surface area contributed by atoms with Crippen molar-refractivity contribution < 1.29 is 4.79 Å². The molecular weight excluding hydrogens is 338 g/mol. The lowest BCUT2D eigenvalue weighted by molar-refractivity contribution is -0.116. The third-order valence-corrected chi connectivity index (χ3v) is 5.04. The monoisotopic (exact) mass is 355 g/mol. The number of benzene rings is 2. The number of fused-ring (bicyclic) bond motifs is 2. The predicted octanol–water partition coefficient (Wildman–Crippen LogP) is 3.60. The normalized spacial score (nSPS) is 16.2. The summed E-state index contributed by atoms with van der Waals surface area (Å²) in [6.45, 7) is 1.97. The van der Waals surface area contributed by atoms with Gasteiger partial charge in [0.25, 0.3) is 5.95 Å². The molecule has 0 radical (unpaired) electrons. The molecule has 1 atom stereocenters. The quantitative estimate of drug-likeness (QED) is 0.596. The molecule has 6 heteroatoms. The summed E-state index contributed by atoms with van der Waals surface area (Å²) >= 11 is 0. The van der Waals surface area contributed by atoms with Crippen molar-refractivity contribution in [2.45, 2.75) is 19.3 Å². The largest absolute Gasteiger partial charge is 0.310 e. The highest BCUT2D eigenvalue weighted by Gasteiger charge is 2.33. The molecular formula is C21H17N5O. The minimum absolute atomic E-state index is 0.0301. The second kappa shape index (κ2) is 6.02. The Bertz CT molecular complexity index is 1160. The molecule has 0 fully saturated rings. The molecule has 4 aromatic rings. The van der Waals surface area contributed by atoms with E-state index in [-0.39, 0.29) is 11.8 Å². The van der Waals surface area contributed by atoms with E-state index in [0.29, 0.717) is 18.2 Å². The van der Waals surface area contributed by atoms with Gasteiger partial charge in [0.2, 0.25) is 5.91 Å². The number of rotatable bonds is 2. The van der Waals surface area contributed by atoms with Crippen LogP contribution in [0, 0.1) is 6.92 Å². The van der Waals surface area contributed by atoms with Gasteiger partial charge in [-0.15, -0.1) is 0 Å². The maximum Gasteiger partial charge on any atom is 0.252 e. The number of nitrogens with zero attached hydrogens (tertiary/aromatic N) is 4. The van der Waals surface area contributed by atoms with Gasteiger partial charge in [-0.2, -0.15) is 9.78 Å². The summed E-state index contributed by atoms with van der Waals surface area (Å²) in [5.74, 6) is 1.02. The van der Waals surface area contributed by atoms with Crippen molar-refractivity contribution in [3.05, 3.63) is 77.7 Å². The minimum Gasteiger partial charge on any atom is -0.310 e. The SMILES string of the molecule is Cc1nn(-c2ncccn2)c2c1[C@H](c1cccc3ccccc13)CC(=O)N2. The molecule has 2 aromatic heterocycles. The summed E-state index contributed by atoms with van der Waals surface area (Å²) < 4.78 is 1.62. The Labute approximate surface area is 155 Å². The third-order valence-electron chi connectivity index (χ3n) is 5.04. The van der Waals surface area contributed by atoms with Crippen molar-refractivity contribution >= 4 is 22.5 Å². The van der Waals surface area contributed by atoms with E-state index in [2.05, 4.69) is 44.6 Å². The summed E-state index contributed by atoms with van der Waals surface area (Å²) in [4.78, 5) is 21.1. The van der Waals surface area contributed by atoms with Crippen LogP contribution in [-0.4, -0.2) is 25.7 Å². The molecule has 0 unspecified atom stereocenters. The Balaban J connectivity index is 1.74. The van der Waals surface area contributed by atoms with Gasteiger partial charge in [0, 0.05) is 30.3 Å². The number of carbonyl (C=O) groups is 1. The average Bonchev–Trinajstić information content (AvgIpc) is 3.04. The van der Waals surface area contributed by atoms with Gasteiger partial charge in [-0.05, 0) is 29.3 Å². The second-order valence-corrected chi connectivity index (χ2v) is 6.68. The molecule has 0 aliphatic carbocycles. The summed E-state index contributed by atoms with van der Waals surface area (Å²) in [6.07, 6.45) is 3.72. The van der Waals surface area contributed by atoms with Crippen molar-refractivity contribution in [1.29, 1.82) is 0 Å². The molecule has 6 nitrogen and oxygen atoms in total. The fourth-order valence-corrected chi connectivity index (χ4v) is 3.91. The van der Waals surface area contributed by atoms with E-state index >= 15 is 0 Å². The molecule has 1 aliphatic heterocycles. The number of anilines is 1. The van der Waals surface area contributed by atoms with Crippen LogP contribution in [0.25, 0.3) is 16.7 Å². The zero-order valence-corrected chi connectivity index (χ0v) is 14.8. The van der Waals surface area contributed by atoms with Crippen molar-refractivity contribution in [2.24, 2.45) is 0 Å². The van der Waals surface area contributed by atoms with Crippen LogP contribution in [0.2, 0.25) is 0 Å². The van der Waals surface area contributed by atoms with Crippen LogP contribution >= 0.6 is 0 Å². The molecule has 1 aliphatic rings. The molecule has 2 aromatic carbocycles. The Morgan fingerprint density at radius 2 is 1.81 bits per heavy atom. The van der Waals surface area contributed by atoms with Crippen molar-refractivity contribution in [2.75, 3.05) is 5.32 Å². The fraction of sp³-hybridized carbons (Fsp3) is 0.143. The first kappa shape index (κ1) is 15.7. The summed E-state index contributed by atoms with van der Waals surface area (Å²) in [6, 6.07) is 16.3. The van der Waals surface area contributed by atoms with Crippen LogP contribution in [0.5, 0.6) is 0 Å². The maximum absolute atomic E-state index is 12.5. The Kier molecular flexibility index (Phi) is 3.50. The number of hydrogen-bond acceptors (Lipinski definition) is 4. The zero-order chi connectivity index (χ0) is 18.4. The van der Waals surface area contributed by atoms with Crippen molar-refractivity contribution in [3.8, 4) is 5.95 Å². The van der Waals surface area contributed by atoms with E-state index in [0.717, 1.165) is 22.2 Å². The first-order chi connectivity index (χ1) is 13.2. The topological polar surface area (TPSA) is 72.7 Å². The van der Waals surface area contributed by atoms with Crippen LogP contribution in [0.1, 0.15) is 29.2 Å². The fourth-order valence-electron chi connectivity index (χ4n) is 3.91. The van der Waals surface area contributed by atoms with Crippen LogP contribution in [0.4, 0.5) is 5.82 Å². The van der Waals surface area contributed by atoms with Gasteiger partial charge >= 0.3 is 0 Å². The zero-order valence-electron chi connectivity index (χ0n) is 14.8. The summed E-state index contributed by atoms with van der Waals surface area (Å²) in [5, 5.41) is 9.93. The molecule has 0 saturated carbocycles. The van der Waals surface area contributed by atoms with Gasteiger partial charge in [0.15, 0.2) is 0 Å². The van der Waals surface area contributed by atoms with Gasteiger partial charge in [0.1, 0.15) is 5.82 Å². The number of carbonyl (C=O) groups excluding carboxylic acids is 1. The van der Waals surface area contributed by atoms with E-state index in [1.54, 1.807) is 23.1 Å². The lowest BCUT2D eigenvalue weighted by Gasteiger charge is -2.25. The highest BCUT2D eigenvalue weighted by Crippen LogP contribution is 2.41. The molecule has 0 saturated heterocycles. The highest BCUT2D eigenvalue weighted by molar-refractivity contribution is 5.96. The lowest BCUT2D eigenvalue weighted by Crippen LogP contribution is -2.25. The number of nitrogens with one attached hydrogen (secondary N) is 1. The number of aryl methyl sites for hydroxylation is 1. The first-order valence-corrected chi connectivity index (χ1v) is 8.87. The van der Waals surface area contributed by atoms with Gasteiger partial charge in [-0.25, -0.2) is 9.97 Å². The van der Waals surface area contributed by atoms with Gasteiger partial charge in [-0.3, -0.25) is 4.79 Å². The van der Waals surface area contributed by atoms with Gasteiger partial charge in [-0.1, -0.05) is 42.5 Å². The van der Waals surface area contributed by atoms with Crippen LogP contribution < -0.4 is 5.32 Å². The molecule has 3 heterocycles. The number of hydrogen-bond donors (Lipinski definition) is 1. The molecule has 0 bridgehead atoms. The van der Waals surface area contributed by atoms with Gasteiger partial charge < -0.3 is 5.32 Å². The van der Waals surface area contributed by atoms with Crippen LogP contribution in [0.15, 0.2) is 60.9 Å². The molecule has 132 valence electrons. The van der Waals surface area contributed by atoms with Crippen molar-refractivity contribution in [1.82, 2.24) is 19.7 Å². The smallest absolute Gasteiger partial charge is 0.252 e. The summed E-state index contributed by atoms with van der Waals surface area (Å²) in [5.41, 5.74) is 3.04. The van der Waals surface area contributed by atoms with E-state index in [4.69, 9.17) is 0 Å². The third kappa shape index (κ3) is 2.49. The number of aromatic nitrogens is 4. The van der Waals surface area contributed by atoms with E-state index in [1.165, 1.54) is 5.39 Å². The Morgan fingerprint density at radius 1 is 1.04 bits per heavy atom. The molecule has 1 amide bonds. The van der Waals surface area contributed by atoms with Gasteiger partial charge in [0.05, 0.1) is 5.69 Å².